The van der Waals surface area contributed by atoms with Gasteiger partial charge in [0.1, 0.15) is 21.6 Å². The van der Waals surface area contributed by atoms with E-state index in [-0.39, 0.29) is 5.41 Å². The molecule has 0 aromatic carbocycles. The van der Waals surface area contributed by atoms with Gasteiger partial charge in [0.2, 0.25) is 0 Å². The van der Waals surface area contributed by atoms with Crippen molar-refractivity contribution in [2.24, 2.45) is 5.73 Å². The Morgan fingerprint density at radius 1 is 1.30 bits per heavy atom. The van der Waals surface area contributed by atoms with Crippen LogP contribution in [-0.4, -0.2) is 21.2 Å². The van der Waals surface area contributed by atoms with Gasteiger partial charge in [-0.3, -0.25) is 0 Å². The van der Waals surface area contributed by atoms with E-state index >= 15 is 0 Å². The summed E-state index contributed by atoms with van der Waals surface area (Å²) in [6.07, 6.45) is 1.36. The second-order valence-electron chi connectivity index (χ2n) is 5.17. The smallest absolute Gasteiger partial charge is 0.326 e. The second-order valence-corrected chi connectivity index (χ2v) is 6.28. The molecule has 2 N–H and O–H groups in total. The predicted octanol–water partition coefficient (Wildman–Crippen LogP) is 2.58. The van der Waals surface area contributed by atoms with Crippen LogP contribution in [0.3, 0.4) is 0 Å². The van der Waals surface area contributed by atoms with E-state index in [1.807, 2.05) is 43.4 Å². The number of hydrogen-bond acceptors (Lipinski definition) is 5. The third-order valence-electron chi connectivity index (χ3n) is 2.53. The van der Waals surface area contributed by atoms with Crippen molar-refractivity contribution in [2.75, 3.05) is 4.90 Å². The molecule has 2 amide bonds. The van der Waals surface area contributed by atoms with E-state index in [2.05, 4.69) is 15.1 Å². The maximum Gasteiger partial charge on any atom is 0.326 e. The lowest BCUT2D eigenvalue weighted by Crippen LogP contribution is -2.32. The Labute approximate surface area is 129 Å². The van der Waals surface area contributed by atoms with Crippen LogP contribution in [0.25, 0.3) is 0 Å². The molecule has 0 aliphatic rings. The molecule has 0 unspecified atom stereocenters. The fourth-order valence-corrected chi connectivity index (χ4v) is 1.92. The van der Waals surface area contributed by atoms with Gasteiger partial charge >= 0.3 is 6.03 Å². The molecule has 2 aromatic heterocycles. The SMILES string of the molecule is CC(C)(C)c1cc(N(C(N)=O)c2cc(I)ncn2)no1. The fourth-order valence-electron chi connectivity index (χ4n) is 1.51. The number of halogens is 1. The summed E-state index contributed by atoms with van der Waals surface area (Å²) in [4.78, 5) is 20.9. The van der Waals surface area contributed by atoms with Crippen LogP contribution in [0.1, 0.15) is 26.5 Å². The fraction of sp³-hybridized carbons (Fsp3) is 0.333. The van der Waals surface area contributed by atoms with Gasteiger partial charge in [0.25, 0.3) is 0 Å². The molecule has 2 rings (SSSR count). The van der Waals surface area contributed by atoms with Crippen LogP contribution in [0.2, 0.25) is 0 Å². The second kappa shape index (κ2) is 5.35. The lowest BCUT2D eigenvalue weighted by atomic mass is 9.93. The molecular weight excluding hydrogens is 373 g/mol. The number of hydrogen-bond donors (Lipinski definition) is 1. The molecule has 0 atom stereocenters. The molecule has 0 spiro atoms. The van der Waals surface area contributed by atoms with E-state index in [1.54, 1.807) is 12.1 Å². The quantitative estimate of drug-likeness (QED) is 0.631. The van der Waals surface area contributed by atoms with E-state index in [1.165, 1.54) is 11.2 Å². The van der Waals surface area contributed by atoms with Crippen molar-refractivity contribution in [1.29, 1.82) is 0 Å². The lowest BCUT2D eigenvalue weighted by Gasteiger charge is -2.16. The summed E-state index contributed by atoms with van der Waals surface area (Å²) in [6.45, 7) is 5.96. The van der Waals surface area contributed by atoms with Gasteiger partial charge < -0.3 is 10.3 Å². The topological polar surface area (TPSA) is 98.1 Å². The normalized spacial score (nSPS) is 11.4. The zero-order valence-electron chi connectivity index (χ0n) is 11.3. The van der Waals surface area contributed by atoms with Crippen molar-refractivity contribution in [1.82, 2.24) is 15.1 Å². The molecule has 20 heavy (non-hydrogen) atoms. The van der Waals surface area contributed by atoms with Gasteiger partial charge in [-0.15, -0.1) is 0 Å². The van der Waals surface area contributed by atoms with Crippen LogP contribution in [0.4, 0.5) is 16.4 Å². The highest BCUT2D eigenvalue weighted by Gasteiger charge is 2.25. The van der Waals surface area contributed by atoms with Crippen molar-refractivity contribution in [3.63, 3.8) is 0 Å². The summed E-state index contributed by atoms with van der Waals surface area (Å²) in [7, 11) is 0. The Morgan fingerprint density at radius 2 is 2.00 bits per heavy atom. The van der Waals surface area contributed by atoms with Crippen LogP contribution in [0.5, 0.6) is 0 Å². The summed E-state index contributed by atoms with van der Waals surface area (Å²) in [6, 6.07) is 2.63. The number of carbonyl (C=O) groups is 1. The zero-order valence-corrected chi connectivity index (χ0v) is 13.5. The Kier molecular flexibility index (Phi) is 3.93. The Hall–Kier alpha value is -1.71. The molecule has 8 heteroatoms. The van der Waals surface area contributed by atoms with Crippen molar-refractivity contribution in [3.8, 4) is 0 Å². The molecule has 0 fully saturated rings. The first-order chi connectivity index (χ1) is 9.29. The predicted molar refractivity (Wildman–Crippen MR) is 81.7 cm³/mol. The van der Waals surface area contributed by atoms with Crippen LogP contribution in [-0.2, 0) is 5.41 Å². The number of amides is 2. The third-order valence-corrected chi connectivity index (χ3v) is 3.12. The molecule has 2 aromatic rings. The molecule has 106 valence electrons. The minimum atomic E-state index is -0.687. The van der Waals surface area contributed by atoms with Crippen molar-refractivity contribution in [2.45, 2.75) is 26.2 Å². The van der Waals surface area contributed by atoms with Gasteiger partial charge in [-0.2, -0.15) is 0 Å². The summed E-state index contributed by atoms with van der Waals surface area (Å²) in [5.74, 6) is 1.31. The molecular formula is C12H14IN5O2. The maximum absolute atomic E-state index is 11.7. The maximum atomic E-state index is 11.7. The number of carbonyl (C=O) groups excluding carboxylic acids is 1. The Morgan fingerprint density at radius 3 is 2.50 bits per heavy atom. The lowest BCUT2D eigenvalue weighted by molar-refractivity contribution is 0.255. The highest BCUT2D eigenvalue weighted by atomic mass is 127. The van der Waals surface area contributed by atoms with Gasteiger partial charge in [0.15, 0.2) is 5.82 Å². The number of primary amides is 1. The minimum absolute atomic E-state index is 0.214. The first kappa shape index (κ1) is 14.7. The first-order valence-electron chi connectivity index (χ1n) is 5.83. The van der Waals surface area contributed by atoms with E-state index in [9.17, 15) is 4.79 Å². The Balaban J connectivity index is 2.44. The van der Waals surface area contributed by atoms with Gasteiger partial charge in [0, 0.05) is 17.5 Å². The Bertz CT molecular complexity index is 635. The van der Waals surface area contributed by atoms with Crippen molar-refractivity contribution >= 4 is 40.3 Å². The van der Waals surface area contributed by atoms with Crippen LogP contribution >= 0.6 is 22.6 Å². The van der Waals surface area contributed by atoms with Crippen LogP contribution in [0, 0.1) is 3.70 Å². The molecule has 0 radical (unpaired) electrons. The zero-order chi connectivity index (χ0) is 14.9. The summed E-state index contributed by atoms with van der Waals surface area (Å²) >= 11 is 2.03. The average molecular weight is 387 g/mol. The number of aromatic nitrogens is 3. The minimum Gasteiger partial charge on any atom is -0.359 e. The van der Waals surface area contributed by atoms with E-state index in [4.69, 9.17) is 10.3 Å². The van der Waals surface area contributed by atoms with Crippen molar-refractivity contribution < 1.29 is 9.32 Å². The van der Waals surface area contributed by atoms with Gasteiger partial charge in [-0.05, 0) is 22.6 Å². The van der Waals surface area contributed by atoms with E-state index in [0.717, 1.165) is 0 Å². The largest absolute Gasteiger partial charge is 0.359 e. The highest BCUT2D eigenvalue weighted by Crippen LogP contribution is 2.29. The molecule has 0 aliphatic heterocycles. The average Bonchev–Trinajstić information content (AvgIpc) is 2.77. The highest BCUT2D eigenvalue weighted by molar-refractivity contribution is 14.1. The van der Waals surface area contributed by atoms with Gasteiger partial charge in [0.05, 0.1) is 0 Å². The van der Waals surface area contributed by atoms with Crippen LogP contribution in [0.15, 0.2) is 23.0 Å². The number of rotatable bonds is 2. The van der Waals surface area contributed by atoms with Gasteiger partial charge in [-0.1, -0.05) is 25.9 Å². The number of nitrogens with zero attached hydrogens (tertiary/aromatic N) is 4. The number of anilines is 2. The van der Waals surface area contributed by atoms with Crippen LogP contribution < -0.4 is 10.6 Å². The number of urea groups is 1. The summed E-state index contributed by atoms with van der Waals surface area (Å²) in [5, 5.41) is 3.90. The standard InChI is InChI=1S/C12H14IN5O2/c1-12(2,3)7-4-10(17-20-7)18(11(14)19)9-5-8(13)15-6-16-9/h4-6H,1-3H3,(H2,14,19). The third kappa shape index (κ3) is 3.06. The van der Waals surface area contributed by atoms with Gasteiger partial charge in [-0.25, -0.2) is 19.7 Å². The summed E-state index contributed by atoms with van der Waals surface area (Å²) in [5.41, 5.74) is 5.20. The molecule has 2 heterocycles. The number of nitrogens with two attached hydrogens (primary N) is 1. The first-order valence-corrected chi connectivity index (χ1v) is 6.91. The molecule has 7 nitrogen and oxygen atoms in total. The monoisotopic (exact) mass is 387 g/mol. The van der Waals surface area contributed by atoms with Crippen molar-refractivity contribution in [3.05, 3.63) is 27.9 Å². The summed E-state index contributed by atoms with van der Waals surface area (Å²) < 4.78 is 5.96. The van der Waals surface area contributed by atoms with E-state index in [0.29, 0.717) is 21.1 Å². The molecule has 0 saturated heterocycles. The molecule has 0 aliphatic carbocycles. The molecule has 0 saturated carbocycles. The van der Waals surface area contributed by atoms with E-state index < -0.39 is 6.03 Å². The molecule has 0 bridgehead atoms.